The number of para-hydroxylation sites is 3. The first kappa shape index (κ1) is 36.9. The van der Waals surface area contributed by atoms with Crippen LogP contribution in [0.5, 0.6) is 0 Å². The Kier molecular flexibility index (Phi) is 8.53. The summed E-state index contributed by atoms with van der Waals surface area (Å²) in [5.41, 5.74) is 15.6. The summed E-state index contributed by atoms with van der Waals surface area (Å²) in [6, 6.07) is 87.7. The largest absolute Gasteiger partial charge is 0.456 e. The molecular weight excluding hydrogens is 789 g/mol. The molecule has 3 nitrogen and oxygen atoms in total. The summed E-state index contributed by atoms with van der Waals surface area (Å²) in [6.45, 7) is 0. The van der Waals surface area contributed by atoms with Crippen LogP contribution in [-0.4, -0.2) is 4.57 Å². The highest BCUT2D eigenvalue weighted by Gasteiger charge is 2.17. The van der Waals surface area contributed by atoms with E-state index < -0.39 is 0 Å². The average molecular weight is 829 g/mol. The smallest absolute Gasteiger partial charge is 0.136 e. The molecule has 65 heavy (non-hydrogen) atoms. The second-order valence-corrected chi connectivity index (χ2v) is 16.9. The second kappa shape index (κ2) is 15.0. The van der Waals surface area contributed by atoms with Crippen molar-refractivity contribution in [1.29, 1.82) is 0 Å². The van der Waals surface area contributed by atoms with E-state index in [1.807, 2.05) is 12.1 Å². The monoisotopic (exact) mass is 828 g/mol. The zero-order valence-electron chi connectivity index (χ0n) is 35.4. The van der Waals surface area contributed by atoms with E-state index in [1.54, 1.807) is 0 Å². The SMILES string of the molecule is c1ccc2c(c1)ccc1cc(-c3ccc(N(c4ccc(-c5ccc(-n6c7ccccc7c7ccccc76)cc5)cc4)c4ccc(-c5cccc6oc7ccccc7c56)cc4)cc3)ccc12. The Labute approximate surface area is 376 Å². The van der Waals surface area contributed by atoms with Gasteiger partial charge in [-0.1, -0.05) is 164 Å². The topological polar surface area (TPSA) is 21.3 Å². The first-order valence-electron chi connectivity index (χ1n) is 22.2. The number of furan rings is 1. The molecule has 304 valence electrons. The summed E-state index contributed by atoms with van der Waals surface area (Å²) in [5, 5.41) is 9.87. The molecule has 0 bridgehead atoms. The first-order chi connectivity index (χ1) is 32.2. The van der Waals surface area contributed by atoms with Gasteiger partial charge in [-0.05, 0) is 134 Å². The lowest BCUT2D eigenvalue weighted by molar-refractivity contribution is 0.669. The quantitative estimate of drug-likeness (QED) is 0.149. The summed E-state index contributed by atoms with van der Waals surface area (Å²) >= 11 is 0. The summed E-state index contributed by atoms with van der Waals surface area (Å²) in [6.07, 6.45) is 0. The van der Waals surface area contributed by atoms with E-state index in [1.165, 1.54) is 60.0 Å². The Morgan fingerprint density at radius 2 is 0.785 bits per heavy atom. The van der Waals surface area contributed by atoms with Crippen molar-refractivity contribution in [2.45, 2.75) is 0 Å². The number of anilines is 3. The molecular formula is C62H40N2O. The van der Waals surface area contributed by atoms with Gasteiger partial charge in [-0.3, -0.25) is 0 Å². The van der Waals surface area contributed by atoms with Crippen molar-refractivity contribution in [3.8, 4) is 39.1 Å². The minimum atomic E-state index is 0.899. The predicted molar refractivity (Wildman–Crippen MR) is 274 cm³/mol. The third-order valence-electron chi connectivity index (χ3n) is 13.2. The van der Waals surface area contributed by atoms with E-state index in [0.717, 1.165) is 61.4 Å². The van der Waals surface area contributed by atoms with Crippen LogP contribution in [0, 0.1) is 0 Å². The molecule has 0 aliphatic heterocycles. The van der Waals surface area contributed by atoms with Gasteiger partial charge in [-0.2, -0.15) is 0 Å². The lowest BCUT2D eigenvalue weighted by Gasteiger charge is -2.26. The molecule has 0 N–H and O–H groups in total. The minimum Gasteiger partial charge on any atom is -0.456 e. The van der Waals surface area contributed by atoms with Crippen LogP contribution in [0.25, 0.3) is 104 Å². The van der Waals surface area contributed by atoms with Crippen molar-refractivity contribution in [2.24, 2.45) is 0 Å². The maximum Gasteiger partial charge on any atom is 0.136 e. The molecule has 0 aliphatic carbocycles. The molecule has 13 aromatic rings. The zero-order chi connectivity index (χ0) is 42.8. The van der Waals surface area contributed by atoms with E-state index in [-0.39, 0.29) is 0 Å². The van der Waals surface area contributed by atoms with Crippen LogP contribution in [0.4, 0.5) is 17.1 Å². The fourth-order valence-corrected chi connectivity index (χ4v) is 10.1. The van der Waals surface area contributed by atoms with Crippen LogP contribution in [0.1, 0.15) is 0 Å². The molecule has 0 spiro atoms. The highest BCUT2D eigenvalue weighted by Crippen LogP contribution is 2.41. The first-order valence-corrected chi connectivity index (χ1v) is 22.2. The summed E-state index contributed by atoms with van der Waals surface area (Å²) in [7, 11) is 0. The number of nitrogens with zero attached hydrogens (tertiary/aromatic N) is 2. The van der Waals surface area contributed by atoms with Crippen molar-refractivity contribution in [2.75, 3.05) is 4.90 Å². The number of hydrogen-bond donors (Lipinski definition) is 0. The van der Waals surface area contributed by atoms with Crippen molar-refractivity contribution in [1.82, 2.24) is 4.57 Å². The molecule has 0 amide bonds. The molecule has 0 unspecified atom stereocenters. The van der Waals surface area contributed by atoms with Crippen molar-refractivity contribution < 1.29 is 4.42 Å². The lowest BCUT2D eigenvalue weighted by Crippen LogP contribution is -2.09. The molecule has 13 rings (SSSR count). The van der Waals surface area contributed by atoms with E-state index in [2.05, 4.69) is 240 Å². The Morgan fingerprint density at radius 1 is 0.308 bits per heavy atom. The second-order valence-electron chi connectivity index (χ2n) is 16.9. The molecule has 3 heteroatoms. The standard InChI is InChI=1S/C62H40N2O/c1-2-11-52-44(10-1)20-21-47-40-46(30-39-53(47)52)43-26-33-49(34-27-43)63(50-37-28-45(29-38-50)54-15-9-19-61-62(54)57-14-5-8-18-60(57)65-61)48-31-22-41(23-32-48)42-24-35-51(36-25-42)64-58-16-6-3-12-55(58)56-13-4-7-17-59(56)64/h1-40H. The molecule has 0 saturated carbocycles. The van der Waals surface area contributed by atoms with Crippen LogP contribution >= 0.6 is 0 Å². The van der Waals surface area contributed by atoms with Crippen LogP contribution in [-0.2, 0) is 0 Å². The van der Waals surface area contributed by atoms with Gasteiger partial charge in [0.2, 0.25) is 0 Å². The van der Waals surface area contributed by atoms with Crippen molar-refractivity contribution in [3.63, 3.8) is 0 Å². The molecule has 0 fully saturated rings. The molecule has 0 atom stereocenters. The highest BCUT2D eigenvalue weighted by atomic mass is 16.3. The van der Waals surface area contributed by atoms with Gasteiger partial charge in [-0.25, -0.2) is 0 Å². The molecule has 0 saturated heterocycles. The minimum absolute atomic E-state index is 0.899. The van der Waals surface area contributed by atoms with Crippen LogP contribution in [0.3, 0.4) is 0 Å². The number of aromatic nitrogens is 1. The van der Waals surface area contributed by atoms with Gasteiger partial charge in [0.15, 0.2) is 0 Å². The van der Waals surface area contributed by atoms with Gasteiger partial charge in [0, 0.05) is 44.3 Å². The molecule has 0 aliphatic rings. The number of fused-ring (bicyclic) bond motifs is 9. The Balaban J connectivity index is 0.863. The Bertz CT molecular complexity index is 3860. The maximum absolute atomic E-state index is 6.26. The number of benzene rings is 11. The van der Waals surface area contributed by atoms with Gasteiger partial charge in [-0.15, -0.1) is 0 Å². The normalized spacial score (nSPS) is 11.7. The van der Waals surface area contributed by atoms with Crippen LogP contribution in [0.2, 0.25) is 0 Å². The maximum atomic E-state index is 6.26. The third-order valence-corrected chi connectivity index (χ3v) is 13.2. The van der Waals surface area contributed by atoms with E-state index in [4.69, 9.17) is 4.42 Å². The zero-order valence-corrected chi connectivity index (χ0v) is 35.4. The molecule has 0 radical (unpaired) electrons. The lowest BCUT2D eigenvalue weighted by atomic mass is 9.97. The molecule has 2 aromatic heterocycles. The van der Waals surface area contributed by atoms with E-state index in [9.17, 15) is 0 Å². The fourth-order valence-electron chi connectivity index (χ4n) is 10.1. The molecule has 2 heterocycles. The Hall–Kier alpha value is -8.66. The van der Waals surface area contributed by atoms with Crippen LogP contribution in [0.15, 0.2) is 247 Å². The Morgan fingerprint density at radius 3 is 1.45 bits per heavy atom. The van der Waals surface area contributed by atoms with Crippen molar-refractivity contribution >= 4 is 82.4 Å². The van der Waals surface area contributed by atoms with Gasteiger partial charge >= 0.3 is 0 Å². The van der Waals surface area contributed by atoms with Crippen LogP contribution < -0.4 is 4.90 Å². The van der Waals surface area contributed by atoms with Gasteiger partial charge in [0.25, 0.3) is 0 Å². The van der Waals surface area contributed by atoms with E-state index in [0.29, 0.717) is 0 Å². The number of rotatable bonds is 7. The van der Waals surface area contributed by atoms with Crippen molar-refractivity contribution in [3.05, 3.63) is 243 Å². The predicted octanol–water partition coefficient (Wildman–Crippen LogP) is 17.5. The summed E-state index contributed by atoms with van der Waals surface area (Å²) in [5.74, 6) is 0. The summed E-state index contributed by atoms with van der Waals surface area (Å²) in [4.78, 5) is 2.35. The number of hydrogen-bond acceptors (Lipinski definition) is 2. The summed E-state index contributed by atoms with van der Waals surface area (Å²) < 4.78 is 8.62. The van der Waals surface area contributed by atoms with Gasteiger partial charge in [0.05, 0.1) is 11.0 Å². The molecule has 11 aromatic carbocycles. The fraction of sp³-hybridized carbons (Fsp3) is 0. The van der Waals surface area contributed by atoms with E-state index >= 15 is 0 Å². The third kappa shape index (κ3) is 6.20. The van der Waals surface area contributed by atoms with Gasteiger partial charge in [0.1, 0.15) is 11.2 Å². The highest BCUT2D eigenvalue weighted by molar-refractivity contribution is 6.13. The average Bonchev–Trinajstić information content (AvgIpc) is 3.93. The van der Waals surface area contributed by atoms with Gasteiger partial charge < -0.3 is 13.9 Å².